The quantitative estimate of drug-likeness (QED) is 0.250. The summed E-state index contributed by atoms with van der Waals surface area (Å²) in [6.45, 7) is 0.830. The van der Waals surface area contributed by atoms with Gasteiger partial charge in [0.2, 0.25) is 0 Å². The molecule has 0 amide bonds. The second kappa shape index (κ2) is 7.22. The molecule has 0 fully saturated rings. The summed E-state index contributed by atoms with van der Waals surface area (Å²) < 4.78 is 3.28. The summed E-state index contributed by atoms with van der Waals surface area (Å²) in [6, 6.07) is 16.2. The van der Waals surface area contributed by atoms with Gasteiger partial charge in [0.15, 0.2) is 0 Å². The van der Waals surface area contributed by atoms with Gasteiger partial charge in [-0.15, -0.1) is 0 Å². The van der Waals surface area contributed by atoms with Gasteiger partial charge in [0, 0.05) is 33.7 Å². The third kappa shape index (κ3) is 3.54. The Bertz CT molecular complexity index is 777. The Morgan fingerprint density at radius 2 is 1.73 bits per heavy atom. The summed E-state index contributed by atoms with van der Waals surface area (Å²) in [6.07, 6.45) is 2.07. The van der Waals surface area contributed by atoms with Crippen LogP contribution in [0, 0.1) is 5.41 Å². The van der Waals surface area contributed by atoms with Gasteiger partial charge in [-0.25, -0.2) is 0 Å². The van der Waals surface area contributed by atoms with Crippen LogP contribution < -0.4 is 17.4 Å². The summed E-state index contributed by atoms with van der Waals surface area (Å²) in [4.78, 5) is 0. The minimum atomic E-state index is 0.104. The van der Waals surface area contributed by atoms with Gasteiger partial charge in [0.25, 0.3) is 0 Å². The molecule has 114 valence electrons. The second-order valence-electron chi connectivity index (χ2n) is 4.76. The molecule has 2 aromatic carbocycles. The fourth-order valence-corrected chi connectivity index (χ4v) is 2.56. The van der Waals surface area contributed by atoms with Crippen LogP contribution in [0.15, 0.2) is 59.2 Å². The molecule has 22 heavy (non-hydrogen) atoms. The molecule has 0 aliphatic carbocycles. The number of halogens is 1. The molecule has 0 saturated heterocycles. The van der Waals surface area contributed by atoms with Crippen molar-refractivity contribution in [2.75, 3.05) is 0 Å². The number of hydrogen-bond donors (Lipinski definition) is 4. The number of nitrogens with two attached hydrogens (primary N) is 3. The van der Waals surface area contributed by atoms with E-state index in [-0.39, 0.29) is 5.84 Å². The summed E-state index contributed by atoms with van der Waals surface area (Å²) in [7, 11) is 0. The standard InChI is InChI=1S/C16H14BrN3.H4N2/c17-14-4-1-11(2-5-14)10-20-8-7-12-9-13(16(18)19)3-6-15(12)20;1-2/h1-9H,10H2,(H3,18,19);1-2H2. The van der Waals surface area contributed by atoms with Crippen molar-refractivity contribution in [1.82, 2.24) is 4.57 Å². The van der Waals surface area contributed by atoms with Crippen molar-refractivity contribution < 1.29 is 0 Å². The second-order valence-corrected chi connectivity index (χ2v) is 5.67. The lowest BCUT2D eigenvalue weighted by atomic mass is 10.1. The van der Waals surface area contributed by atoms with Crippen LogP contribution in [0.4, 0.5) is 0 Å². The highest BCUT2D eigenvalue weighted by molar-refractivity contribution is 9.10. The zero-order chi connectivity index (χ0) is 16.1. The van der Waals surface area contributed by atoms with E-state index in [0.29, 0.717) is 0 Å². The number of hydrazine groups is 1. The van der Waals surface area contributed by atoms with Crippen molar-refractivity contribution in [3.05, 3.63) is 70.3 Å². The highest BCUT2D eigenvalue weighted by atomic mass is 79.9. The molecule has 0 saturated carbocycles. The highest BCUT2D eigenvalue weighted by Gasteiger charge is 2.04. The number of benzene rings is 2. The molecule has 0 bridgehead atoms. The van der Waals surface area contributed by atoms with Crippen molar-refractivity contribution in [3.63, 3.8) is 0 Å². The third-order valence-electron chi connectivity index (χ3n) is 3.35. The van der Waals surface area contributed by atoms with Crippen LogP contribution in [0.5, 0.6) is 0 Å². The predicted molar refractivity (Wildman–Crippen MR) is 94.6 cm³/mol. The van der Waals surface area contributed by atoms with E-state index in [1.165, 1.54) is 5.56 Å². The summed E-state index contributed by atoms with van der Waals surface area (Å²) in [5, 5.41) is 8.59. The molecule has 1 heterocycles. The van der Waals surface area contributed by atoms with Crippen LogP contribution in [0.2, 0.25) is 0 Å². The van der Waals surface area contributed by atoms with Gasteiger partial charge in [0.05, 0.1) is 0 Å². The Balaban J connectivity index is 0.000000847. The normalized spacial score (nSPS) is 10.1. The SMILES string of the molecule is N=C(N)c1ccc2c(ccn2Cc2ccc(Br)cc2)c1.NN. The Morgan fingerprint density at radius 1 is 1.05 bits per heavy atom. The number of hydrogen-bond acceptors (Lipinski definition) is 3. The van der Waals surface area contributed by atoms with E-state index in [1.54, 1.807) is 0 Å². The fourth-order valence-electron chi connectivity index (χ4n) is 2.29. The zero-order valence-corrected chi connectivity index (χ0v) is 13.5. The van der Waals surface area contributed by atoms with Gasteiger partial charge in [-0.05, 0) is 42.0 Å². The summed E-state index contributed by atoms with van der Waals surface area (Å²) >= 11 is 3.45. The van der Waals surface area contributed by atoms with E-state index in [0.717, 1.165) is 27.5 Å². The van der Waals surface area contributed by atoms with E-state index >= 15 is 0 Å². The smallest absolute Gasteiger partial charge is 0.122 e. The number of fused-ring (bicyclic) bond motifs is 1. The molecule has 3 rings (SSSR count). The van der Waals surface area contributed by atoms with Crippen molar-refractivity contribution in [2.24, 2.45) is 17.4 Å². The van der Waals surface area contributed by atoms with Gasteiger partial charge >= 0.3 is 0 Å². The summed E-state index contributed by atoms with van der Waals surface area (Å²) in [5.74, 6) is 8.10. The molecular formula is C16H18BrN5. The Kier molecular flexibility index (Phi) is 5.32. The fraction of sp³-hybridized carbons (Fsp3) is 0.0625. The van der Waals surface area contributed by atoms with Crippen molar-refractivity contribution in [3.8, 4) is 0 Å². The monoisotopic (exact) mass is 359 g/mol. The van der Waals surface area contributed by atoms with E-state index < -0.39 is 0 Å². The van der Waals surface area contributed by atoms with E-state index in [4.69, 9.17) is 11.1 Å². The molecule has 0 aliphatic rings. The average molecular weight is 360 g/mol. The first kappa shape index (κ1) is 16.2. The highest BCUT2D eigenvalue weighted by Crippen LogP contribution is 2.19. The molecule has 0 unspecified atom stereocenters. The Hall–Kier alpha value is -2.15. The molecule has 5 nitrogen and oxygen atoms in total. The molecular weight excluding hydrogens is 342 g/mol. The zero-order valence-electron chi connectivity index (χ0n) is 12.0. The number of amidine groups is 1. The van der Waals surface area contributed by atoms with Gasteiger partial charge in [-0.3, -0.25) is 17.1 Å². The lowest BCUT2D eigenvalue weighted by Gasteiger charge is -2.06. The Morgan fingerprint density at radius 3 is 2.36 bits per heavy atom. The average Bonchev–Trinajstić information content (AvgIpc) is 2.94. The molecule has 0 spiro atoms. The van der Waals surface area contributed by atoms with Gasteiger partial charge in [0.1, 0.15) is 5.84 Å². The van der Waals surface area contributed by atoms with Gasteiger partial charge in [-0.2, -0.15) is 0 Å². The van der Waals surface area contributed by atoms with Crippen LogP contribution in [-0.2, 0) is 6.54 Å². The van der Waals surface area contributed by atoms with E-state index in [2.05, 4.69) is 68.7 Å². The minimum Gasteiger partial charge on any atom is -0.384 e. The summed E-state index contributed by atoms with van der Waals surface area (Å²) in [5.41, 5.74) is 8.69. The van der Waals surface area contributed by atoms with E-state index in [1.807, 2.05) is 18.2 Å². The van der Waals surface area contributed by atoms with Crippen LogP contribution in [0.1, 0.15) is 11.1 Å². The maximum Gasteiger partial charge on any atom is 0.122 e. The number of nitrogen functional groups attached to an aromatic ring is 1. The molecule has 0 aliphatic heterocycles. The number of rotatable bonds is 3. The minimum absolute atomic E-state index is 0.104. The van der Waals surface area contributed by atoms with Crippen LogP contribution in [0.3, 0.4) is 0 Å². The molecule has 0 atom stereocenters. The lowest BCUT2D eigenvalue weighted by molar-refractivity contribution is 0.837. The molecule has 7 N–H and O–H groups in total. The molecule has 1 aromatic heterocycles. The first-order valence-electron chi connectivity index (χ1n) is 6.64. The maximum absolute atomic E-state index is 7.48. The lowest BCUT2D eigenvalue weighted by Crippen LogP contribution is -2.10. The van der Waals surface area contributed by atoms with Gasteiger partial charge < -0.3 is 10.3 Å². The predicted octanol–water partition coefficient (Wildman–Crippen LogP) is 2.55. The maximum atomic E-state index is 7.48. The van der Waals surface area contributed by atoms with Crippen molar-refractivity contribution in [2.45, 2.75) is 6.54 Å². The Labute approximate surface area is 137 Å². The van der Waals surface area contributed by atoms with Crippen LogP contribution >= 0.6 is 15.9 Å². The molecule has 3 aromatic rings. The third-order valence-corrected chi connectivity index (χ3v) is 3.88. The van der Waals surface area contributed by atoms with Gasteiger partial charge in [-0.1, -0.05) is 28.1 Å². The van der Waals surface area contributed by atoms with Crippen molar-refractivity contribution in [1.29, 1.82) is 5.41 Å². The number of nitrogens with one attached hydrogen (secondary N) is 1. The van der Waals surface area contributed by atoms with Crippen LogP contribution in [-0.4, -0.2) is 10.4 Å². The first-order valence-corrected chi connectivity index (χ1v) is 7.44. The molecule has 6 heteroatoms. The number of aromatic nitrogens is 1. The first-order chi connectivity index (χ1) is 10.6. The largest absolute Gasteiger partial charge is 0.384 e. The van der Waals surface area contributed by atoms with Crippen LogP contribution in [0.25, 0.3) is 10.9 Å². The van der Waals surface area contributed by atoms with E-state index in [9.17, 15) is 0 Å². The number of nitrogens with zero attached hydrogens (tertiary/aromatic N) is 1. The topological polar surface area (TPSA) is 107 Å². The van der Waals surface area contributed by atoms with Crippen molar-refractivity contribution >= 4 is 32.7 Å². The molecule has 0 radical (unpaired) electrons.